The van der Waals surface area contributed by atoms with Crippen molar-refractivity contribution < 1.29 is 9.53 Å². The Morgan fingerprint density at radius 1 is 1.30 bits per heavy atom. The highest BCUT2D eigenvalue weighted by atomic mass is 16.5. The lowest BCUT2D eigenvalue weighted by atomic mass is 10.1. The summed E-state index contributed by atoms with van der Waals surface area (Å²) in [6, 6.07) is 5.79. The summed E-state index contributed by atoms with van der Waals surface area (Å²) in [4.78, 5) is 14.1. The van der Waals surface area contributed by atoms with Crippen LogP contribution in [0.2, 0.25) is 0 Å². The molecule has 2 atom stereocenters. The van der Waals surface area contributed by atoms with E-state index in [1.807, 2.05) is 43.9 Å². The van der Waals surface area contributed by atoms with E-state index in [-0.39, 0.29) is 11.9 Å². The van der Waals surface area contributed by atoms with E-state index in [2.05, 4.69) is 0 Å². The largest absolute Gasteiger partial charge is 0.481 e. The fraction of sp³-hybridized carbons (Fsp3) is 0.562. The molecule has 4 nitrogen and oxygen atoms in total. The molecule has 1 aliphatic rings. The molecule has 2 N–H and O–H groups in total. The van der Waals surface area contributed by atoms with Gasteiger partial charge in [-0.15, -0.1) is 0 Å². The molecule has 1 amide bonds. The van der Waals surface area contributed by atoms with E-state index < -0.39 is 6.10 Å². The van der Waals surface area contributed by atoms with Crippen LogP contribution in [0.4, 0.5) is 0 Å². The van der Waals surface area contributed by atoms with E-state index in [1.165, 1.54) is 0 Å². The third kappa shape index (κ3) is 3.31. The number of nitrogens with zero attached hydrogens (tertiary/aromatic N) is 1. The van der Waals surface area contributed by atoms with E-state index >= 15 is 0 Å². The van der Waals surface area contributed by atoms with Crippen molar-refractivity contribution in [1.82, 2.24) is 4.90 Å². The topological polar surface area (TPSA) is 55.6 Å². The second-order valence-electron chi connectivity index (χ2n) is 5.62. The zero-order chi connectivity index (χ0) is 14.7. The van der Waals surface area contributed by atoms with Crippen molar-refractivity contribution in [3.05, 3.63) is 29.3 Å². The highest BCUT2D eigenvalue weighted by Crippen LogP contribution is 2.26. The minimum atomic E-state index is -0.465. The first kappa shape index (κ1) is 14.9. The number of aryl methyl sites for hydroxylation is 1. The maximum atomic E-state index is 12.3. The van der Waals surface area contributed by atoms with Gasteiger partial charge in [0.25, 0.3) is 5.91 Å². The Kier molecular flexibility index (Phi) is 4.65. The predicted molar refractivity (Wildman–Crippen MR) is 79.7 cm³/mol. The first-order valence-corrected chi connectivity index (χ1v) is 7.30. The molecule has 1 heterocycles. The van der Waals surface area contributed by atoms with Gasteiger partial charge in [0.05, 0.1) is 0 Å². The first-order chi connectivity index (χ1) is 9.49. The Balaban J connectivity index is 2.10. The van der Waals surface area contributed by atoms with Gasteiger partial charge in [-0.05, 0) is 39.7 Å². The molecule has 0 aromatic heterocycles. The van der Waals surface area contributed by atoms with E-state index in [4.69, 9.17) is 10.5 Å². The zero-order valence-electron chi connectivity index (χ0n) is 12.6. The number of benzene rings is 1. The molecule has 0 aliphatic carbocycles. The summed E-state index contributed by atoms with van der Waals surface area (Å²) >= 11 is 0. The quantitative estimate of drug-likeness (QED) is 0.918. The van der Waals surface area contributed by atoms with Crippen LogP contribution in [0.3, 0.4) is 0 Å². The lowest BCUT2D eigenvalue weighted by Gasteiger charge is -2.23. The molecule has 4 heteroatoms. The van der Waals surface area contributed by atoms with E-state index in [1.54, 1.807) is 0 Å². The fourth-order valence-corrected chi connectivity index (χ4v) is 2.57. The second kappa shape index (κ2) is 6.27. The number of hydrogen-bond acceptors (Lipinski definition) is 3. The van der Waals surface area contributed by atoms with Crippen molar-refractivity contribution in [2.24, 2.45) is 5.73 Å². The molecule has 1 fully saturated rings. The van der Waals surface area contributed by atoms with Crippen LogP contribution in [0.1, 0.15) is 43.9 Å². The summed E-state index contributed by atoms with van der Waals surface area (Å²) in [5.41, 5.74) is 8.07. The smallest absolute Gasteiger partial charge is 0.263 e. The molecule has 1 saturated heterocycles. The molecule has 2 rings (SSSR count). The standard InChI is InChI=1S/C16H24N2O2/c1-11-6-7-15(14(10-11)12(2)17)20-13(3)16(19)18-8-4-5-9-18/h6-7,10,12-13H,4-5,8-9,17H2,1-3H3/t12-,13?/m1/s1. The van der Waals surface area contributed by atoms with Crippen LogP contribution in [-0.4, -0.2) is 30.0 Å². The van der Waals surface area contributed by atoms with Crippen LogP contribution >= 0.6 is 0 Å². The lowest BCUT2D eigenvalue weighted by Crippen LogP contribution is -2.38. The summed E-state index contributed by atoms with van der Waals surface area (Å²) in [6.07, 6.45) is 1.72. The van der Waals surface area contributed by atoms with Crippen LogP contribution in [-0.2, 0) is 4.79 Å². The first-order valence-electron chi connectivity index (χ1n) is 7.30. The van der Waals surface area contributed by atoms with Crippen molar-refractivity contribution in [3.63, 3.8) is 0 Å². The van der Waals surface area contributed by atoms with E-state index in [0.717, 1.165) is 37.1 Å². The number of ether oxygens (including phenoxy) is 1. The van der Waals surface area contributed by atoms with Crippen LogP contribution in [0, 0.1) is 6.92 Å². The SMILES string of the molecule is Cc1ccc(OC(C)C(=O)N2CCCC2)c([C@@H](C)N)c1. The number of nitrogens with two attached hydrogens (primary N) is 1. The molecule has 20 heavy (non-hydrogen) atoms. The van der Waals surface area contributed by atoms with Gasteiger partial charge in [0.15, 0.2) is 6.10 Å². The predicted octanol–water partition coefficient (Wildman–Crippen LogP) is 2.40. The highest BCUT2D eigenvalue weighted by molar-refractivity contribution is 5.81. The summed E-state index contributed by atoms with van der Waals surface area (Å²) in [5, 5.41) is 0. The summed E-state index contributed by atoms with van der Waals surface area (Å²) in [7, 11) is 0. The lowest BCUT2D eigenvalue weighted by molar-refractivity contribution is -0.136. The molecular weight excluding hydrogens is 252 g/mol. The molecular formula is C16H24N2O2. The Morgan fingerprint density at radius 3 is 2.55 bits per heavy atom. The van der Waals surface area contributed by atoms with Crippen molar-refractivity contribution in [2.45, 2.75) is 45.8 Å². The Morgan fingerprint density at radius 2 is 1.95 bits per heavy atom. The van der Waals surface area contributed by atoms with Crippen molar-refractivity contribution in [3.8, 4) is 5.75 Å². The fourth-order valence-electron chi connectivity index (χ4n) is 2.57. The van der Waals surface area contributed by atoms with Gasteiger partial charge in [0, 0.05) is 24.7 Å². The third-order valence-electron chi connectivity index (χ3n) is 3.73. The minimum absolute atomic E-state index is 0.0682. The van der Waals surface area contributed by atoms with Crippen LogP contribution < -0.4 is 10.5 Å². The van der Waals surface area contributed by atoms with Crippen molar-refractivity contribution in [1.29, 1.82) is 0 Å². The normalized spacial score (nSPS) is 17.9. The van der Waals surface area contributed by atoms with Crippen LogP contribution in [0.25, 0.3) is 0 Å². The molecule has 1 aliphatic heterocycles. The number of carbonyl (C=O) groups is 1. The molecule has 1 unspecified atom stereocenters. The molecule has 0 bridgehead atoms. The molecule has 110 valence electrons. The molecule has 0 saturated carbocycles. The zero-order valence-corrected chi connectivity index (χ0v) is 12.6. The van der Waals surface area contributed by atoms with Gasteiger partial charge in [-0.2, -0.15) is 0 Å². The van der Waals surface area contributed by atoms with Gasteiger partial charge >= 0.3 is 0 Å². The number of amides is 1. The van der Waals surface area contributed by atoms with Crippen LogP contribution in [0.15, 0.2) is 18.2 Å². The van der Waals surface area contributed by atoms with Gasteiger partial charge in [-0.25, -0.2) is 0 Å². The Labute approximate surface area is 120 Å². The number of rotatable bonds is 4. The number of carbonyl (C=O) groups excluding carboxylic acids is 1. The van der Waals surface area contributed by atoms with Gasteiger partial charge in [-0.1, -0.05) is 17.7 Å². The summed E-state index contributed by atoms with van der Waals surface area (Å²) in [5.74, 6) is 0.782. The monoisotopic (exact) mass is 276 g/mol. The molecule has 0 radical (unpaired) electrons. The van der Waals surface area contributed by atoms with Gasteiger partial charge < -0.3 is 15.4 Å². The van der Waals surface area contributed by atoms with Crippen LogP contribution in [0.5, 0.6) is 5.75 Å². The number of hydrogen-bond donors (Lipinski definition) is 1. The average molecular weight is 276 g/mol. The maximum absolute atomic E-state index is 12.3. The Hall–Kier alpha value is -1.55. The van der Waals surface area contributed by atoms with Gasteiger partial charge in [-0.3, -0.25) is 4.79 Å². The van der Waals surface area contributed by atoms with Crippen molar-refractivity contribution >= 4 is 5.91 Å². The van der Waals surface area contributed by atoms with Gasteiger partial charge in [0.2, 0.25) is 0 Å². The van der Waals surface area contributed by atoms with E-state index in [9.17, 15) is 4.79 Å². The highest BCUT2D eigenvalue weighted by Gasteiger charge is 2.25. The summed E-state index contributed by atoms with van der Waals surface area (Å²) in [6.45, 7) is 7.45. The van der Waals surface area contributed by atoms with E-state index in [0.29, 0.717) is 5.75 Å². The second-order valence-corrected chi connectivity index (χ2v) is 5.62. The Bertz CT molecular complexity index is 479. The van der Waals surface area contributed by atoms with Crippen molar-refractivity contribution in [2.75, 3.05) is 13.1 Å². The molecule has 1 aromatic rings. The average Bonchev–Trinajstić information content (AvgIpc) is 2.93. The summed E-state index contributed by atoms with van der Waals surface area (Å²) < 4.78 is 5.86. The molecule has 0 spiro atoms. The third-order valence-corrected chi connectivity index (χ3v) is 3.73. The number of likely N-dealkylation sites (tertiary alicyclic amines) is 1. The maximum Gasteiger partial charge on any atom is 0.263 e. The molecule has 1 aromatic carbocycles. The minimum Gasteiger partial charge on any atom is -0.481 e. The van der Waals surface area contributed by atoms with Gasteiger partial charge in [0.1, 0.15) is 5.75 Å².